The first kappa shape index (κ1) is 15.4. The van der Waals surface area contributed by atoms with Crippen LogP contribution in [-0.2, 0) is 6.54 Å². The number of rotatable bonds is 6. The maximum atomic E-state index is 12.4. The van der Waals surface area contributed by atoms with Crippen LogP contribution in [0.1, 0.15) is 29.1 Å². The summed E-state index contributed by atoms with van der Waals surface area (Å²) in [5.74, 6) is 0.636. The van der Waals surface area contributed by atoms with Crippen LogP contribution < -0.4 is 11.1 Å². The Balaban J connectivity index is 2.04. The van der Waals surface area contributed by atoms with Gasteiger partial charge in [-0.15, -0.1) is 0 Å². The minimum atomic E-state index is -0.135. The Morgan fingerprint density at radius 2 is 2.33 bits per heavy atom. The highest BCUT2D eigenvalue weighted by molar-refractivity contribution is 7.18. The van der Waals surface area contributed by atoms with Crippen LogP contribution in [0.3, 0.4) is 0 Å². The van der Waals surface area contributed by atoms with Gasteiger partial charge in [-0.05, 0) is 12.0 Å². The molecule has 6 nitrogen and oxygen atoms in total. The van der Waals surface area contributed by atoms with Crippen LogP contribution in [0.5, 0.6) is 0 Å². The number of nitrogens with one attached hydrogen (secondary N) is 1. The minimum absolute atomic E-state index is 0.135. The second-order valence-electron chi connectivity index (χ2n) is 5.30. The molecule has 0 fully saturated rings. The topological polar surface area (TPSA) is 84.4 Å². The van der Waals surface area contributed by atoms with Crippen molar-refractivity contribution in [2.45, 2.75) is 20.4 Å². The number of nitrogens with two attached hydrogens (primary N) is 1. The lowest BCUT2D eigenvalue weighted by molar-refractivity contribution is 0.0790. The molecule has 0 saturated carbocycles. The van der Waals surface area contributed by atoms with Gasteiger partial charge in [-0.3, -0.25) is 4.79 Å². The van der Waals surface area contributed by atoms with Crippen LogP contribution in [0.4, 0.5) is 10.9 Å². The summed E-state index contributed by atoms with van der Waals surface area (Å²) in [4.78, 5) is 18.7. The normalized spacial score (nSPS) is 10.9. The molecule has 0 bridgehead atoms. The van der Waals surface area contributed by atoms with Crippen LogP contribution in [-0.4, -0.2) is 29.4 Å². The van der Waals surface area contributed by atoms with Crippen LogP contribution in [0.15, 0.2) is 23.0 Å². The molecule has 0 radical (unpaired) electrons. The van der Waals surface area contributed by atoms with Gasteiger partial charge in [-0.2, -0.15) is 0 Å². The average Bonchev–Trinajstić information content (AvgIpc) is 3.05. The summed E-state index contributed by atoms with van der Waals surface area (Å²) < 4.78 is 5.00. The van der Waals surface area contributed by atoms with Crippen LogP contribution >= 0.6 is 11.3 Å². The number of anilines is 2. The fourth-order valence-corrected chi connectivity index (χ4v) is 2.64. The molecular formula is C14H20N4O2S. The van der Waals surface area contributed by atoms with Crippen molar-refractivity contribution in [1.82, 2.24) is 9.88 Å². The maximum Gasteiger partial charge on any atom is 0.267 e. The number of nitrogen functional groups attached to an aromatic ring is 1. The summed E-state index contributed by atoms with van der Waals surface area (Å²) in [7, 11) is 1.73. The van der Waals surface area contributed by atoms with Gasteiger partial charge in [0.2, 0.25) is 0 Å². The number of amides is 1. The van der Waals surface area contributed by atoms with E-state index in [9.17, 15) is 4.79 Å². The molecule has 0 aliphatic rings. The summed E-state index contributed by atoms with van der Waals surface area (Å²) in [6.45, 7) is 5.48. The van der Waals surface area contributed by atoms with Crippen LogP contribution in [0, 0.1) is 5.92 Å². The molecule has 2 heterocycles. The summed E-state index contributed by atoms with van der Waals surface area (Å²) in [5, 5.41) is 3.87. The van der Waals surface area contributed by atoms with Crippen molar-refractivity contribution in [3.8, 4) is 0 Å². The molecule has 0 aliphatic heterocycles. The number of furan rings is 1. The van der Waals surface area contributed by atoms with Gasteiger partial charge in [-0.25, -0.2) is 4.98 Å². The summed E-state index contributed by atoms with van der Waals surface area (Å²) in [6, 6.07) is 1.83. The van der Waals surface area contributed by atoms with Gasteiger partial charge in [0, 0.05) is 25.7 Å². The predicted octanol–water partition coefficient (Wildman–Crippen LogP) is 2.66. The second kappa shape index (κ2) is 6.62. The van der Waals surface area contributed by atoms with Crippen molar-refractivity contribution < 1.29 is 9.21 Å². The third-order valence-electron chi connectivity index (χ3n) is 2.86. The van der Waals surface area contributed by atoms with Crippen LogP contribution in [0.25, 0.3) is 0 Å². The highest BCUT2D eigenvalue weighted by atomic mass is 32.1. The molecule has 0 saturated heterocycles. The van der Waals surface area contributed by atoms with Gasteiger partial charge < -0.3 is 20.4 Å². The maximum absolute atomic E-state index is 12.4. The first-order valence-electron chi connectivity index (χ1n) is 6.74. The first-order chi connectivity index (χ1) is 9.97. The molecule has 7 heteroatoms. The second-order valence-corrected chi connectivity index (χ2v) is 6.30. The highest BCUT2D eigenvalue weighted by Gasteiger charge is 2.20. The molecule has 0 spiro atoms. The quantitative estimate of drug-likeness (QED) is 0.857. The summed E-state index contributed by atoms with van der Waals surface area (Å²) >= 11 is 1.29. The molecule has 2 aromatic heterocycles. The number of carbonyl (C=O) groups excluding carboxylic acids is 1. The number of carbonyl (C=O) groups is 1. The number of hydrogen-bond acceptors (Lipinski definition) is 6. The number of hydrogen-bond donors (Lipinski definition) is 2. The molecule has 21 heavy (non-hydrogen) atoms. The van der Waals surface area contributed by atoms with E-state index in [0.717, 1.165) is 12.1 Å². The molecule has 3 N–H and O–H groups in total. The first-order valence-corrected chi connectivity index (χ1v) is 7.55. The predicted molar refractivity (Wildman–Crippen MR) is 84.4 cm³/mol. The van der Waals surface area contributed by atoms with Crippen molar-refractivity contribution >= 4 is 28.2 Å². The lowest BCUT2D eigenvalue weighted by atomic mass is 10.2. The Bertz CT molecular complexity index is 592. The molecule has 2 rings (SSSR count). The highest BCUT2D eigenvalue weighted by Crippen LogP contribution is 2.26. The van der Waals surface area contributed by atoms with Crippen molar-refractivity contribution in [3.05, 3.63) is 29.0 Å². The molecule has 0 aromatic carbocycles. The number of aromatic nitrogens is 1. The van der Waals surface area contributed by atoms with E-state index in [4.69, 9.17) is 10.2 Å². The van der Waals surface area contributed by atoms with Gasteiger partial charge in [0.05, 0.1) is 12.5 Å². The van der Waals surface area contributed by atoms with E-state index in [1.165, 1.54) is 11.3 Å². The summed E-state index contributed by atoms with van der Waals surface area (Å²) in [6.07, 6.45) is 3.21. The van der Waals surface area contributed by atoms with Crippen LogP contribution in [0.2, 0.25) is 0 Å². The third kappa shape index (κ3) is 3.98. The molecule has 1 amide bonds. The Kier molecular flexibility index (Phi) is 4.85. The van der Waals surface area contributed by atoms with Crippen molar-refractivity contribution in [1.29, 1.82) is 0 Å². The molecule has 0 aliphatic carbocycles. The van der Waals surface area contributed by atoms with Gasteiger partial charge in [0.15, 0.2) is 5.13 Å². The largest absolute Gasteiger partial charge is 0.472 e. The Morgan fingerprint density at radius 1 is 1.57 bits per heavy atom. The van der Waals surface area contributed by atoms with E-state index in [0.29, 0.717) is 22.5 Å². The van der Waals surface area contributed by atoms with E-state index in [1.807, 2.05) is 6.07 Å². The molecule has 0 atom stereocenters. The fraction of sp³-hybridized carbons (Fsp3) is 0.429. The monoisotopic (exact) mass is 308 g/mol. The van der Waals surface area contributed by atoms with E-state index < -0.39 is 0 Å². The smallest absolute Gasteiger partial charge is 0.267 e. The zero-order valence-electron chi connectivity index (χ0n) is 12.4. The standard InChI is InChI=1S/C14H20N4O2S/c1-9(2)6-16-14-17-12(15)11(21-14)13(19)18(3)7-10-4-5-20-8-10/h4-5,8-9H,6-7,15H2,1-3H3,(H,16,17). The number of thiazole rings is 1. The SMILES string of the molecule is CC(C)CNc1nc(N)c(C(=O)N(C)Cc2ccoc2)s1. The Hall–Kier alpha value is -2.02. The van der Waals surface area contributed by atoms with Crippen molar-refractivity contribution in [2.75, 3.05) is 24.6 Å². The summed E-state index contributed by atoms with van der Waals surface area (Å²) in [5.41, 5.74) is 6.79. The lowest BCUT2D eigenvalue weighted by Crippen LogP contribution is -2.25. The number of nitrogens with zero attached hydrogens (tertiary/aromatic N) is 2. The van der Waals surface area contributed by atoms with Crippen molar-refractivity contribution in [2.24, 2.45) is 5.92 Å². The third-order valence-corrected chi connectivity index (χ3v) is 3.87. The van der Waals surface area contributed by atoms with E-state index in [-0.39, 0.29) is 11.7 Å². The minimum Gasteiger partial charge on any atom is -0.472 e. The van der Waals surface area contributed by atoms with E-state index >= 15 is 0 Å². The zero-order chi connectivity index (χ0) is 15.4. The molecular weight excluding hydrogens is 288 g/mol. The Labute approximate surface area is 128 Å². The van der Waals surface area contributed by atoms with E-state index in [1.54, 1.807) is 24.5 Å². The fourth-order valence-electron chi connectivity index (χ4n) is 1.75. The van der Waals surface area contributed by atoms with Gasteiger partial charge >= 0.3 is 0 Å². The van der Waals surface area contributed by atoms with Gasteiger partial charge in [-0.1, -0.05) is 25.2 Å². The molecule has 114 valence electrons. The van der Waals surface area contributed by atoms with Crippen molar-refractivity contribution in [3.63, 3.8) is 0 Å². The Morgan fingerprint density at radius 3 is 2.95 bits per heavy atom. The van der Waals surface area contributed by atoms with Gasteiger partial charge in [0.1, 0.15) is 10.7 Å². The molecule has 2 aromatic rings. The average molecular weight is 308 g/mol. The van der Waals surface area contributed by atoms with E-state index in [2.05, 4.69) is 24.1 Å². The van der Waals surface area contributed by atoms with Gasteiger partial charge in [0.25, 0.3) is 5.91 Å². The molecule has 0 unspecified atom stereocenters. The lowest BCUT2D eigenvalue weighted by Gasteiger charge is -2.14. The zero-order valence-corrected chi connectivity index (χ0v) is 13.2.